The maximum absolute atomic E-state index is 12.5. The lowest BCUT2D eigenvalue weighted by atomic mass is 9.41. The summed E-state index contributed by atoms with van der Waals surface area (Å²) in [4.78, 5) is 25.9. The first-order chi connectivity index (χ1) is 22.0. The van der Waals surface area contributed by atoms with E-state index in [1.54, 1.807) is 12.8 Å². The number of carbonyl (C=O) groups excluding carboxylic acids is 2. The Balaban J connectivity index is 1.12. The Morgan fingerprint density at radius 2 is 1.85 bits per heavy atom. The van der Waals surface area contributed by atoms with Gasteiger partial charge in [-0.25, -0.2) is 0 Å². The molecule has 5 saturated carbocycles. The summed E-state index contributed by atoms with van der Waals surface area (Å²) in [7, 11) is 0. The number of esters is 1. The average molecular weight is 653 g/mol. The summed E-state index contributed by atoms with van der Waals surface area (Å²) in [6.45, 7) is 23.4. The van der Waals surface area contributed by atoms with Crippen molar-refractivity contribution in [1.82, 2.24) is 4.90 Å². The number of carbonyl (C=O) groups is 2. The Kier molecular flexibility index (Phi) is 8.24. The minimum Gasteiger partial charge on any atom is -0.455 e. The van der Waals surface area contributed by atoms with Gasteiger partial charge in [-0.1, -0.05) is 41.2 Å². The van der Waals surface area contributed by atoms with Crippen molar-refractivity contribution in [1.29, 1.82) is 0 Å². The first-order valence-electron chi connectivity index (χ1n) is 18.3. The molecule has 2 heterocycles. The van der Waals surface area contributed by atoms with E-state index in [0.717, 1.165) is 50.3 Å². The van der Waals surface area contributed by atoms with Crippen LogP contribution in [-0.2, 0) is 28.5 Å². The van der Waals surface area contributed by atoms with E-state index >= 15 is 0 Å². The standard InChI is InChI=1S/C39H58NO7/c1-22(2)32(45-25(5)42)26-18-23(3)31-33(46-26)34(43)37(9)28-11-10-27-35(6,7)29(47-30-20-40(16-17-44-30)19-24(4)41)12-13-38(27)21-39(28,38)15-14-36(31,37)8/h23,27,29-32,34,43H,1,10-21H2,2-9H3/t23-,27+,29?,30+,31+,32-,34+,36-,37-,38-,39+/m1/s1. The Labute approximate surface area is 282 Å². The van der Waals surface area contributed by atoms with Crippen molar-refractivity contribution in [3.8, 4) is 0 Å². The fourth-order valence-electron chi connectivity index (χ4n) is 12.8. The van der Waals surface area contributed by atoms with E-state index in [9.17, 15) is 14.7 Å². The van der Waals surface area contributed by atoms with Gasteiger partial charge in [-0.2, -0.15) is 0 Å². The summed E-state index contributed by atoms with van der Waals surface area (Å²) in [6.07, 6.45) is 8.48. The lowest BCUT2D eigenvalue weighted by molar-refractivity contribution is -0.242. The molecule has 7 aliphatic rings. The fourth-order valence-corrected chi connectivity index (χ4v) is 12.8. The second-order valence-electron chi connectivity index (χ2n) is 17.7. The summed E-state index contributed by atoms with van der Waals surface area (Å²) in [6, 6.07) is 0. The Morgan fingerprint density at radius 1 is 1.11 bits per heavy atom. The van der Waals surface area contributed by atoms with Gasteiger partial charge in [-0.15, -0.1) is 0 Å². The highest BCUT2D eigenvalue weighted by Gasteiger charge is 2.85. The highest BCUT2D eigenvalue weighted by Crippen LogP contribution is 2.90. The molecule has 2 spiro atoms. The molecule has 0 bridgehead atoms. The van der Waals surface area contributed by atoms with Crippen molar-refractivity contribution >= 4 is 11.8 Å². The minimum atomic E-state index is -0.700. The molecule has 2 saturated heterocycles. The molecule has 0 amide bonds. The molecule has 11 atom stereocenters. The third kappa shape index (κ3) is 4.77. The van der Waals surface area contributed by atoms with Gasteiger partial charge in [0.05, 0.1) is 31.9 Å². The zero-order valence-corrected chi connectivity index (χ0v) is 30.1. The lowest BCUT2D eigenvalue weighted by Gasteiger charge is -2.63. The molecular weight excluding hydrogens is 594 g/mol. The van der Waals surface area contributed by atoms with Crippen molar-refractivity contribution < 1.29 is 33.6 Å². The number of aliphatic hydroxyl groups excluding tert-OH is 1. The quantitative estimate of drug-likeness (QED) is 0.256. The third-order valence-corrected chi connectivity index (χ3v) is 14.9. The fraction of sp³-hybridized carbons (Fsp3) is 0.821. The number of Topliss-reactive ketones (excluding diaryl/α,β-unsaturated/α-hetero) is 1. The van der Waals surface area contributed by atoms with Gasteiger partial charge in [0, 0.05) is 24.8 Å². The van der Waals surface area contributed by atoms with Gasteiger partial charge < -0.3 is 24.1 Å². The normalized spacial score (nSPS) is 47.1. The van der Waals surface area contributed by atoms with Crippen LogP contribution >= 0.6 is 0 Å². The zero-order valence-electron chi connectivity index (χ0n) is 30.1. The zero-order chi connectivity index (χ0) is 33.9. The topological polar surface area (TPSA) is 94.5 Å². The molecule has 8 nitrogen and oxygen atoms in total. The second-order valence-corrected chi connectivity index (χ2v) is 17.7. The number of hydrogen-bond acceptors (Lipinski definition) is 8. The highest BCUT2D eigenvalue weighted by atomic mass is 16.7. The summed E-state index contributed by atoms with van der Waals surface area (Å²) in [5, 5.41) is 12.5. The molecule has 1 unspecified atom stereocenters. The van der Waals surface area contributed by atoms with Crippen LogP contribution in [0.5, 0.6) is 0 Å². The van der Waals surface area contributed by atoms with Crippen LogP contribution in [-0.4, -0.2) is 72.6 Å². The monoisotopic (exact) mass is 652 g/mol. The van der Waals surface area contributed by atoms with Crippen LogP contribution in [0.3, 0.4) is 0 Å². The van der Waals surface area contributed by atoms with E-state index < -0.39 is 12.2 Å². The van der Waals surface area contributed by atoms with Crippen LogP contribution in [0.25, 0.3) is 0 Å². The number of nitrogens with zero attached hydrogens (tertiary/aromatic N) is 1. The van der Waals surface area contributed by atoms with E-state index in [4.69, 9.17) is 18.9 Å². The smallest absolute Gasteiger partial charge is 0.303 e. The number of fused-ring (bicyclic) bond motifs is 4. The molecule has 2 aliphatic heterocycles. The van der Waals surface area contributed by atoms with Crippen molar-refractivity contribution in [3.63, 3.8) is 0 Å². The maximum Gasteiger partial charge on any atom is 0.303 e. The largest absolute Gasteiger partial charge is 0.455 e. The lowest BCUT2D eigenvalue weighted by Crippen LogP contribution is -2.59. The van der Waals surface area contributed by atoms with Crippen molar-refractivity contribution in [2.75, 3.05) is 26.2 Å². The maximum atomic E-state index is 12.5. The molecule has 5 aliphatic carbocycles. The van der Waals surface area contributed by atoms with Gasteiger partial charge in [0.25, 0.3) is 0 Å². The number of ketones is 1. The van der Waals surface area contributed by atoms with Crippen LogP contribution in [0.2, 0.25) is 0 Å². The molecule has 261 valence electrons. The van der Waals surface area contributed by atoms with Crippen LogP contribution in [0.4, 0.5) is 0 Å². The molecular formula is C39H58NO7. The van der Waals surface area contributed by atoms with E-state index in [0.29, 0.717) is 38.1 Å². The van der Waals surface area contributed by atoms with Gasteiger partial charge in [-0.05, 0) is 110 Å². The molecule has 0 aromatic rings. The van der Waals surface area contributed by atoms with Gasteiger partial charge in [0.1, 0.15) is 18.0 Å². The van der Waals surface area contributed by atoms with Crippen LogP contribution < -0.4 is 0 Å². The van der Waals surface area contributed by atoms with Crippen LogP contribution in [0.15, 0.2) is 12.2 Å². The minimum absolute atomic E-state index is 0.00601. The molecule has 0 aromatic heterocycles. The number of hydrogen-bond donors (Lipinski definition) is 1. The predicted molar refractivity (Wildman–Crippen MR) is 177 cm³/mol. The Morgan fingerprint density at radius 3 is 2.53 bits per heavy atom. The van der Waals surface area contributed by atoms with E-state index in [1.807, 2.05) is 6.92 Å². The van der Waals surface area contributed by atoms with E-state index in [-0.39, 0.29) is 63.1 Å². The number of morpholine rings is 1. The number of ether oxygens (including phenoxy) is 4. The van der Waals surface area contributed by atoms with Crippen molar-refractivity contribution in [2.24, 2.45) is 44.8 Å². The molecule has 47 heavy (non-hydrogen) atoms. The number of rotatable bonds is 7. The average Bonchev–Trinajstić information content (AvgIpc) is 3.61. The van der Waals surface area contributed by atoms with Crippen LogP contribution in [0, 0.1) is 63.0 Å². The predicted octanol–water partition coefficient (Wildman–Crippen LogP) is 6.23. The molecule has 1 N–H and O–H groups in total. The van der Waals surface area contributed by atoms with Crippen molar-refractivity contribution in [3.05, 3.63) is 30.3 Å². The van der Waals surface area contributed by atoms with Gasteiger partial charge in [-0.3, -0.25) is 14.5 Å². The molecule has 3 radical (unpaired) electrons. The van der Waals surface area contributed by atoms with E-state index in [2.05, 4.69) is 46.1 Å². The number of aliphatic hydroxyl groups is 1. The summed E-state index contributed by atoms with van der Waals surface area (Å²) in [5.41, 5.74) is 0.662. The summed E-state index contributed by atoms with van der Waals surface area (Å²) in [5.74, 6) is 2.37. The summed E-state index contributed by atoms with van der Waals surface area (Å²) >= 11 is 0. The molecule has 0 aromatic carbocycles. The van der Waals surface area contributed by atoms with Crippen LogP contribution in [0.1, 0.15) is 107 Å². The van der Waals surface area contributed by atoms with E-state index in [1.165, 1.54) is 19.8 Å². The van der Waals surface area contributed by atoms with Gasteiger partial charge in [0.2, 0.25) is 0 Å². The summed E-state index contributed by atoms with van der Waals surface area (Å²) < 4.78 is 25.3. The first-order valence-corrected chi connectivity index (χ1v) is 18.3. The molecule has 7 rings (SSSR count). The second kappa shape index (κ2) is 11.3. The van der Waals surface area contributed by atoms with Gasteiger partial charge >= 0.3 is 5.97 Å². The molecule has 7 fully saturated rings. The Hall–Kier alpha value is -1.32. The highest BCUT2D eigenvalue weighted by molar-refractivity contribution is 5.77. The van der Waals surface area contributed by atoms with Gasteiger partial charge in [0.15, 0.2) is 12.4 Å². The third-order valence-electron chi connectivity index (χ3n) is 14.9. The van der Waals surface area contributed by atoms with Crippen molar-refractivity contribution in [2.45, 2.75) is 131 Å². The SMILES string of the molecule is C=C(C)[C@@H](OC(C)=O)[C]1C[C@@H](C)[C@H]2[C](O1)[C@H](O)[C@@]1(C)[C]3CC[C@H]4C(C)(C)C(O[C@H]5CN(CC(C)=O)CCO5)CC[C@@]45C[C@@]35CC[C@]21C. The Bertz CT molecular complexity index is 1300. The first kappa shape index (κ1) is 34.1. The molecule has 8 heteroatoms.